The summed E-state index contributed by atoms with van der Waals surface area (Å²) in [6.45, 7) is 3.97. The van der Waals surface area contributed by atoms with Gasteiger partial charge in [-0.1, -0.05) is 29.8 Å². The Labute approximate surface area is 163 Å². The molecule has 0 aliphatic carbocycles. The molecule has 0 atom stereocenters. The third-order valence-corrected chi connectivity index (χ3v) is 4.73. The van der Waals surface area contributed by atoms with E-state index in [-0.39, 0.29) is 24.8 Å². The Bertz CT molecular complexity index is 915. The molecular formula is C21H21ClN2O3. The standard InChI is InChI=1S/C21H21ClN2O3/c1-13-10-14(2)12-17(11-13)24-20(26)18(15-4-6-16(22)7-5-15)19(21(24)27)23(3)8-9-25/h4-7,10-12,25H,8-9H2,1-3H3. The van der Waals surface area contributed by atoms with Gasteiger partial charge in [0.05, 0.1) is 17.9 Å². The van der Waals surface area contributed by atoms with Crippen LogP contribution < -0.4 is 4.90 Å². The number of hydrogen-bond acceptors (Lipinski definition) is 4. The number of aryl methyl sites for hydroxylation is 2. The number of imide groups is 1. The van der Waals surface area contributed by atoms with Gasteiger partial charge >= 0.3 is 0 Å². The summed E-state index contributed by atoms with van der Waals surface area (Å²) in [7, 11) is 1.69. The van der Waals surface area contributed by atoms with Crippen LogP contribution in [0.15, 0.2) is 48.2 Å². The molecule has 2 amide bonds. The van der Waals surface area contributed by atoms with Gasteiger partial charge in [0.2, 0.25) is 0 Å². The highest BCUT2D eigenvalue weighted by molar-refractivity contribution is 6.45. The molecule has 140 valence electrons. The molecule has 1 N–H and O–H groups in total. The van der Waals surface area contributed by atoms with E-state index in [0.29, 0.717) is 21.8 Å². The van der Waals surface area contributed by atoms with Crippen molar-refractivity contribution < 1.29 is 14.7 Å². The summed E-state index contributed by atoms with van der Waals surface area (Å²) >= 11 is 5.97. The Hall–Kier alpha value is -2.63. The zero-order chi connectivity index (χ0) is 19.7. The number of halogens is 1. The second kappa shape index (κ2) is 7.55. The first-order valence-electron chi connectivity index (χ1n) is 8.62. The van der Waals surface area contributed by atoms with Gasteiger partial charge in [0, 0.05) is 18.6 Å². The molecule has 2 aromatic carbocycles. The highest BCUT2D eigenvalue weighted by atomic mass is 35.5. The molecular weight excluding hydrogens is 364 g/mol. The molecule has 1 aliphatic heterocycles. The fourth-order valence-electron chi connectivity index (χ4n) is 3.33. The minimum absolute atomic E-state index is 0.126. The Morgan fingerprint density at radius 1 is 1.00 bits per heavy atom. The van der Waals surface area contributed by atoms with Crippen LogP contribution in [0.2, 0.25) is 5.02 Å². The quantitative estimate of drug-likeness (QED) is 0.804. The smallest absolute Gasteiger partial charge is 0.282 e. The SMILES string of the molecule is Cc1cc(C)cc(N2C(=O)C(c3ccc(Cl)cc3)=C(N(C)CCO)C2=O)c1. The van der Waals surface area contributed by atoms with Crippen molar-refractivity contribution in [3.63, 3.8) is 0 Å². The second-order valence-corrected chi connectivity index (χ2v) is 7.10. The molecule has 5 nitrogen and oxygen atoms in total. The van der Waals surface area contributed by atoms with Crippen molar-refractivity contribution in [2.45, 2.75) is 13.8 Å². The van der Waals surface area contributed by atoms with Crippen LogP contribution in [0.1, 0.15) is 16.7 Å². The summed E-state index contributed by atoms with van der Waals surface area (Å²) in [6.07, 6.45) is 0. The molecule has 3 rings (SSSR count). The summed E-state index contributed by atoms with van der Waals surface area (Å²) in [4.78, 5) is 29.3. The summed E-state index contributed by atoms with van der Waals surface area (Å²) in [5.74, 6) is -0.780. The number of likely N-dealkylation sites (N-methyl/N-ethyl adjacent to an activating group) is 1. The number of carbonyl (C=O) groups excluding carboxylic acids is 2. The Kier molecular flexibility index (Phi) is 5.35. The van der Waals surface area contributed by atoms with E-state index in [4.69, 9.17) is 11.6 Å². The number of aliphatic hydroxyl groups is 1. The maximum Gasteiger partial charge on any atom is 0.282 e. The van der Waals surface area contributed by atoms with E-state index in [9.17, 15) is 14.7 Å². The number of nitrogens with zero attached hydrogens (tertiary/aromatic N) is 2. The van der Waals surface area contributed by atoms with Crippen LogP contribution in [0.5, 0.6) is 0 Å². The van der Waals surface area contributed by atoms with Crippen molar-refractivity contribution in [1.82, 2.24) is 4.90 Å². The first-order valence-corrected chi connectivity index (χ1v) is 9.00. The fourth-order valence-corrected chi connectivity index (χ4v) is 3.45. The van der Waals surface area contributed by atoms with E-state index in [0.717, 1.165) is 11.1 Å². The van der Waals surface area contributed by atoms with Gasteiger partial charge in [-0.15, -0.1) is 0 Å². The molecule has 1 aliphatic rings. The van der Waals surface area contributed by atoms with Crippen molar-refractivity contribution in [1.29, 1.82) is 0 Å². The number of amides is 2. The average Bonchev–Trinajstić information content (AvgIpc) is 2.85. The van der Waals surface area contributed by atoms with Crippen molar-refractivity contribution in [3.8, 4) is 0 Å². The maximum absolute atomic E-state index is 13.3. The van der Waals surface area contributed by atoms with Crippen molar-refractivity contribution in [2.24, 2.45) is 0 Å². The van der Waals surface area contributed by atoms with Crippen molar-refractivity contribution >= 4 is 34.7 Å². The van der Waals surface area contributed by atoms with Gasteiger partial charge in [0.15, 0.2) is 0 Å². The number of hydrogen-bond donors (Lipinski definition) is 1. The molecule has 0 saturated carbocycles. The van der Waals surface area contributed by atoms with Gasteiger partial charge in [-0.3, -0.25) is 9.59 Å². The molecule has 0 bridgehead atoms. The van der Waals surface area contributed by atoms with E-state index in [1.165, 1.54) is 4.90 Å². The summed E-state index contributed by atoms with van der Waals surface area (Å²) in [5.41, 5.74) is 3.68. The Balaban J connectivity index is 2.14. The zero-order valence-electron chi connectivity index (χ0n) is 15.5. The molecule has 27 heavy (non-hydrogen) atoms. The van der Waals surface area contributed by atoms with Crippen molar-refractivity contribution in [2.75, 3.05) is 25.1 Å². The topological polar surface area (TPSA) is 60.9 Å². The van der Waals surface area contributed by atoms with Crippen LogP contribution in [0, 0.1) is 13.8 Å². The lowest BCUT2D eigenvalue weighted by Gasteiger charge is -2.21. The highest BCUT2D eigenvalue weighted by Gasteiger charge is 2.41. The van der Waals surface area contributed by atoms with E-state index in [1.807, 2.05) is 32.0 Å². The van der Waals surface area contributed by atoms with Crippen molar-refractivity contribution in [3.05, 3.63) is 69.9 Å². The number of aliphatic hydroxyl groups excluding tert-OH is 1. The fraction of sp³-hybridized carbons (Fsp3) is 0.238. The average molecular weight is 385 g/mol. The molecule has 0 radical (unpaired) electrons. The molecule has 0 unspecified atom stereocenters. The Morgan fingerprint density at radius 2 is 1.59 bits per heavy atom. The van der Waals surface area contributed by atoms with E-state index in [2.05, 4.69) is 0 Å². The number of carbonyl (C=O) groups is 2. The summed E-state index contributed by atoms with van der Waals surface area (Å²) < 4.78 is 0. The van der Waals surface area contributed by atoms with Gasteiger partial charge in [0.25, 0.3) is 11.8 Å². The first-order chi connectivity index (χ1) is 12.8. The molecule has 0 aromatic heterocycles. The third-order valence-electron chi connectivity index (χ3n) is 4.47. The normalized spacial score (nSPS) is 14.3. The van der Waals surface area contributed by atoms with E-state index < -0.39 is 5.91 Å². The maximum atomic E-state index is 13.3. The van der Waals surface area contributed by atoms with E-state index >= 15 is 0 Å². The van der Waals surface area contributed by atoms with Crippen LogP contribution in [-0.2, 0) is 9.59 Å². The second-order valence-electron chi connectivity index (χ2n) is 6.67. The van der Waals surface area contributed by atoms with Gasteiger partial charge in [-0.2, -0.15) is 0 Å². The predicted octanol–water partition coefficient (Wildman–Crippen LogP) is 3.17. The van der Waals surface area contributed by atoms with Crippen LogP contribution in [0.3, 0.4) is 0 Å². The number of rotatable bonds is 5. The molecule has 0 fully saturated rings. The summed E-state index contributed by atoms with van der Waals surface area (Å²) in [6, 6.07) is 12.4. The zero-order valence-corrected chi connectivity index (χ0v) is 16.2. The third kappa shape index (κ3) is 3.61. The van der Waals surface area contributed by atoms with Gasteiger partial charge in [-0.05, 0) is 54.8 Å². The molecule has 6 heteroatoms. The minimum atomic E-state index is -0.397. The molecule has 2 aromatic rings. The summed E-state index contributed by atoms with van der Waals surface area (Å²) in [5, 5.41) is 9.86. The minimum Gasteiger partial charge on any atom is -0.395 e. The first kappa shape index (κ1) is 19.1. The molecule has 0 saturated heterocycles. The largest absolute Gasteiger partial charge is 0.395 e. The molecule has 1 heterocycles. The molecule has 0 spiro atoms. The Morgan fingerprint density at radius 3 is 2.15 bits per heavy atom. The van der Waals surface area contributed by atoms with Crippen LogP contribution >= 0.6 is 11.6 Å². The predicted molar refractivity (Wildman–Crippen MR) is 106 cm³/mol. The lowest BCUT2D eigenvalue weighted by molar-refractivity contribution is -0.120. The van der Waals surface area contributed by atoms with Gasteiger partial charge in [-0.25, -0.2) is 4.90 Å². The van der Waals surface area contributed by atoms with Gasteiger partial charge in [0.1, 0.15) is 5.70 Å². The van der Waals surface area contributed by atoms with Crippen LogP contribution in [0.4, 0.5) is 5.69 Å². The van der Waals surface area contributed by atoms with Gasteiger partial charge < -0.3 is 10.0 Å². The number of benzene rings is 2. The monoisotopic (exact) mass is 384 g/mol. The highest BCUT2D eigenvalue weighted by Crippen LogP contribution is 2.35. The number of anilines is 1. The van der Waals surface area contributed by atoms with Crippen LogP contribution in [-0.4, -0.2) is 42.0 Å². The van der Waals surface area contributed by atoms with Crippen LogP contribution in [0.25, 0.3) is 5.57 Å². The lowest BCUT2D eigenvalue weighted by Crippen LogP contribution is -2.35. The van der Waals surface area contributed by atoms with E-state index in [1.54, 1.807) is 36.2 Å². The lowest BCUT2D eigenvalue weighted by atomic mass is 10.0.